The number of hydrogen-bond donors (Lipinski definition) is 1. The number of anilines is 1. The van der Waals surface area contributed by atoms with Gasteiger partial charge in [0.15, 0.2) is 0 Å². The molecular formula is C20H19N3O2S. The molecule has 0 bridgehead atoms. The number of aryl methyl sites for hydroxylation is 4. The van der Waals surface area contributed by atoms with Crippen LogP contribution in [0.15, 0.2) is 28.8 Å². The Balaban J connectivity index is 2.00. The van der Waals surface area contributed by atoms with E-state index in [1.807, 2.05) is 45.0 Å². The van der Waals surface area contributed by atoms with Crippen molar-refractivity contribution in [2.24, 2.45) is 0 Å². The van der Waals surface area contributed by atoms with Gasteiger partial charge in [-0.2, -0.15) is 5.26 Å². The first kappa shape index (κ1) is 17.9. The minimum Gasteiger partial charge on any atom is -0.361 e. The molecule has 132 valence electrons. The van der Waals surface area contributed by atoms with Gasteiger partial charge in [0.25, 0.3) is 5.91 Å². The minimum absolute atomic E-state index is 0.297. The summed E-state index contributed by atoms with van der Waals surface area (Å²) in [6.45, 7) is 7.61. The van der Waals surface area contributed by atoms with Crippen molar-refractivity contribution in [3.63, 3.8) is 0 Å². The zero-order valence-corrected chi connectivity index (χ0v) is 16.0. The fourth-order valence-corrected chi connectivity index (χ4v) is 3.94. The highest BCUT2D eigenvalue weighted by Gasteiger charge is 2.23. The third kappa shape index (κ3) is 3.14. The molecule has 1 amide bonds. The van der Waals surface area contributed by atoms with Crippen LogP contribution in [-0.4, -0.2) is 11.1 Å². The third-order valence-electron chi connectivity index (χ3n) is 4.26. The number of thiophene rings is 1. The highest BCUT2D eigenvalue weighted by Crippen LogP contribution is 2.39. The van der Waals surface area contributed by atoms with Crippen LogP contribution in [0.2, 0.25) is 0 Å². The number of rotatable bonds is 4. The van der Waals surface area contributed by atoms with Gasteiger partial charge in [0, 0.05) is 10.4 Å². The van der Waals surface area contributed by atoms with Crippen LogP contribution in [-0.2, 0) is 6.42 Å². The molecule has 0 aliphatic carbocycles. The van der Waals surface area contributed by atoms with Crippen molar-refractivity contribution < 1.29 is 9.32 Å². The summed E-state index contributed by atoms with van der Waals surface area (Å²) in [5.74, 6) is 0.179. The maximum atomic E-state index is 12.7. The van der Waals surface area contributed by atoms with Crippen molar-refractivity contribution in [2.75, 3.05) is 5.32 Å². The maximum Gasteiger partial charge on any atom is 0.261 e. The number of carbonyl (C=O) groups excluding carboxylic acids is 1. The van der Waals surface area contributed by atoms with Crippen LogP contribution in [0.3, 0.4) is 0 Å². The summed E-state index contributed by atoms with van der Waals surface area (Å²) in [5.41, 5.74) is 4.53. The van der Waals surface area contributed by atoms with Gasteiger partial charge in [-0.1, -0.05) is 41.9 Å². The molecule has 0 atom stereocenters. The predicted molar refractivity (Wildman–Crippen MR) is 103 cm³/mol. The Morgan fingerprint density at radius 2 is 1.96 bits per heavy atom. The Hall–Kier alpha value is -2.91. The summed E-state index contributed by atoms with van der Waals surface area (Å²) in [6, 6.07) is 10.3. The highest BCUT2D eigenvalue weighted by atomic mass is 32.1. The average molecular weight is 365 g/mol. The fourth-order valence-electron chi connectivity index (χ4n) is 2.92. The minimum atomic E-state index is -0.297. The Morgan fingerprint density at radius 3 is 2.58 bits per heavy atom. The lowest BCUT2D eigenvalue weighted by atomic mass is 10.0. The van der Waals surface area contributed by atoms with Crippen LogP contribution < -0.4 is 5.32 Å². The van der Waals surface area contributed by atoms with Gasteiger partial charge in [-0.3, -0.25) is 4.79 Å². The van der Waals surface area contributed by atoms with Crippen LogP contribution >= 0.6 is 11.3 Å². The van der Waals surface area contributed by atoms with E-state index >= 15 is 0 Å². The Kier molecular flexibility index (Phi) is 4.92. The standard InChI is InChI=1S/C20H19N3O2S/c1-5-16-17(12(3)25-23-16)19(24)22-20-15(10-21)18(13(4)26-20)14-8-6-11(2)7-9-14/h6-9H,5H2,1-4H3,(H,22,24). The average Bonchev–Trinajstić information content (AvgIpc) is 3.14. The largest absolute Gasteiger partial charge is 0.361 e. The lowest BCUT2D eigenvalue weighted by Crippen LogP contribution is -2.14. The third-order valence-corrected chi connectivity index (χ3v) is 5.28. The van der Waals surface area contributed by atoms with Gasteiger partial charge in [0.2, 0.25) is 0 Å². The van der Waals surface area contributed by atoms with Gasteiger partial charge < -0.3 is 9.84 Å². The summed E-state index contributed by atoms with van der Waals surface area (Å²) >= 11 is 1.40. The first-order valence-electron chi connectivity index (χ1n) is 8.33. The van der Waals surface area contributed by atoms with Crippen molar-refractivity contribution in [2.45, 2.75) is 34.1 Å². The second-order valence-corrected chi connectivity index (χ2v) is 7.31. The van der Waals surface area contributed by atoms with E-state index in [1.165, 1.54) is 11.3 Å². The first-order chi connectivity index (χ1) is 12.5. The molecule has 1 aromatic carbocycles. The quantitative estimate of drug-likeness (QED) is 0.704. The Morgan fingerprint density at radius 1 is 1.27 bits per heavy atom. The van der Waals surface area contributed by atoms with E-state index in [9.17, 15) is 10.1 Å². The molecule has 5 nitrogen and oxygen atoms in total. The fraction of sp³-hybridized carbons (Fsp3) is 0.250. The smallest absolute Gasteiger partial charge is 0.261 e. The summed E-state index contributed by atoms with van der Waals surface area (Å²) < 4.78 is 5.14. The number of nitrogens with one attached hydrogen (secondary N) is 1. The molecule has 3 aromatic rings. The van der Waals surface area contributed by atoms with E-state index in [0.29, 0.717) is 34.0 Å². The van der Waals surface area contributed by atoms with Crippen LogP contribution in [0.1, 0.15) is 44.7 Å². The lowest BCUT2D eigenvalue weighted by Gasteiger charge is -2.05. The van der Waals surface area contributed by atoms with E-state index < -0.39 is 0 Å². The van der Waals surface area contributed by atoms with Gasteiger partial charge in [0.1, 0.15) is 22.4 Å². The van der Waals surface area contributed by atoms with E-state index in [1.54, 1.807) is 6.92 Å². The maximum absolute atomic E-state index is 12.7. The van der Waals surface area contributed by atoms with Gasteiger partial charge in [-0.15, -0.1) is 11.3 Å². The molecule has 0 aliphatic rings. The van der Waals surface area contributed by atoms with Crippen LogP contribution in [0.25, 0.3) is 11.1 Å². The van der Waals surface area contributed by atoms with E-state index in [4.69, 9.17) is 4.52 Å². The number of nitriles is 1. The number of nitrogens with zero attached hydrogens (tertiary/aromatic N) is 2. The highest BCUT2D eigenvalue weighted by molar-refractivity contribution is 7.17. The lowest BCUT2D eigenvalue weighted by molar-refractivity contribution is 0.102. The first-order valence-corrected chi connectivity index (χ1v) is 9.14. The molecule has 0 saturated carbocycles. The molecule has 1 N–H and O–H groups in total. The van der Waals surface area contributed by atoms with E-state index in [2.05, 4.69) is 16.5 Å². The van der Waals surface area contributed by atoms with Crippen molar-refractivity contribution in [3.8, 4) is 17.2 Å². The summed E-state index contributed by atoms with van der Waals surface area (Å²) in [4.78, 5) is 13.7. The number of carbonyl (C=O) groups is 1. The summed E-state index contributed by atoms with van der Waals surface area (Å²) in [7, 11) is 0. The molecule has 0 spiro atoms. The second-order valence-electron chi connectivity index (χ2n) is 6.08. The molecule has 26 heavy (non-hydrogen) atoms. The second kappa shape index (κ2) is 7.14. The Labute approximate surface area is 156 Å². The zero-order valence-electron chi connectivity index (χ0n) is 15.1. The van der Waals surface area contributed by atoms with Crippen molar-refractivity contribution in [1.29, 1.82) is 5.26 Å². The van der Waals surface area contributed by atoms with Gasteiger partial charge in [-0.05, 0) is 32.8 Å². The molecule has 0 saturated heterocycles. The molecule has 0 fully saturated rings. The molecule has 0 aliphatic heterocycles. The van der Waals surface area contributed by atoms with Crippen LogP contribution in [0, 0.1) is 32.1 Å². The SMILES string of the molecule is CCc1noc(C)c1C(=O)Nc1sc(C)c(-c2ccc(C)cc2)c1C#N. The normalized spacial score (nSPS) is 10.6. The molecule has 0 radical (unpaired) electrons. The molecule has 0 unspecified atom stereocenters. The van der Waals surface area contributed by atoms with E-state index in [-0.39, 0.29) is 5.91 Å². The van der Waals surface area contributed by atoms with Crippen molar-refractivity contribution in [1.82, 2.24) is 5.16 Å². The number of benzene rings is 1. The summed E-state index contributed by atoms with van der Waals surface area (Å²) in [5, 5.41) is 17.1. The molecule has 3 rings (SSSR count). The molecule has 6 heteroatoms. The topological polar surface area (TPSA) is 78.9 Å². The van der Waals surface area contributed by atoms with Crippen molar-refractivity contribution >= 4 is 22.2 Å². The summed E-state index contributed by atoms with van der Waals surface area (Å²) in [6.07, 6.45) is 0.600. The monoisotopic (exact) mass is 365 g/mol. The van der Waals surface area contributed by atoms with Crippen LogP contribution in [0.4, 0.5) is 5.00 Å². The van der Waals surface area contributed by atoms with Crippen LogP contribution in [0.5, 0.6) is 0 Å². The van der Waals surface area contributed by atoms with E-state index in [0.717, 1.165) is 21.6 Å². The number of aromatic nitrogens is 1. The van der Waals surface area contributed by atoms with Crippen molar-refractivity contribution in [3.05, 3.63) is 57.3 Å². The van der Waals surface area contributed by atoms with Gasteiger partial charge >= 0.3 is 0 Å². The van der Waals surface area contributed by atoms with Gasteiger partial charge in [-0.25, -0.2) is 0 Å². The Bertz CT molecular complexity index is 1010. The molecule has 2 heterocycles. The zero-order chi connectivity index (χ0) is 18.8. The number of amides is 1. The number of hydrogen-bond acceptors (Lipinski definition) is 5. The predicted octanol–water partition coefficient (Wildman–Crippen LogP) is 5.01. The molecular weight excluding hydrogens is 346 g/mol. The van der Waals surface area contributed by atoms with Gasteiger partial charge in [0.05, 0.1) is 11.3 Å². The molecule has 2 aromatic heterocycles.